The van der Waals surface area contributed by atoms with Gasteiger partial charge in [0, 0.05) is 10.5 Å². The lowest BCUT2D eigenvalue weighted by Crippen LogP contribution is -2.20. The van der Waals surface area contributed by atoms with Gasteiger partial charge < -0.3 is 11.1 Å². The van der Waals surface area contributed by atoms with Crippen LogP contribution in [0.15, 0.2) is 34.8 Å². The summed E-state index contributed by atoms with van der Waals surface area (Å²) in [6, 6.07) is 6.44. The first kappa shape index (κ1) is 10.6. The Morgan fingerprint density at radius 3 is 2.93 bits per heavy atom. The number of anilines is 2. The number of benzene rings is 1. The van der Waals surface area contributed by atoms with Crippen molar-refractivity contribution in [2.24, 2.45) is 0 Å². The second-order valence-corrected chi connectivity index (χ2v) is 4.77. The number of nitrogens with one attached hydrogen (secondary N) is 1. The molecule has 0 bridgehead atoms. The van der Waals surface area contributed by atoms with Crippen LogP contribution in [-0.2, 0) is 0 Å². The maximum atomic E-state index is 5.91. The maximum Gasteiger partial charge on any atom is 0.0587 e. The number of halogens is 1. The topological polar surface area (TPSA) is 38.0 Å². The van der Waals surface area contributed by atoms with Crippen LogP contribution in [0.4, 0.5) is 11.4 Å². The van der Waals surface area contributed by atoms with Gasteiger partial charge in [-0.1, -0.05) is 28.1 Å². The third-order valence-electron chi connectivity index (χ3n) is 2.64. The summed E-state index contributed by atoms with van der Waals surface area (Å²) in [4.78, 5) is 0. The molecule has 0 aromatic heterocycles. The fourth-order valence-electron chi connectivity index (χ4n) is 1.80. The molecule has 2 nitrogen and oxygen atoms in total. The Morgan fingerprint density at radius 1 is 1.33 bits per heavy atom. The third kappa shape index (κ3) is 2.75. The van der Waals surface area contributed by atoms with E-state index in [0.29, 0.717) is 6.04 Å². The smallest absolute Gasteiger partial charge is 0.0587 e. The Morgan fingerprint density at radius 2 is 2.20 bits per heavy atom. The average Bonchev–Trinajstić information content (AvgIpc) is 2.25. The molecule has 2 rings (SSSR count). The molecule has 0 aliphatic heterocycles. The van der Waals surface area contributed by atoms with Crippen LogP contribution in [0.5, 0.6) is 0 Å². The zero-order chi connectivity index (χ0) is 10.7. The van der Waals surface area contributed by atoms with E-state index in [1.165, 1.54) is 6.42 Å². The number of nitrogen functional groups attached to an aromatic ring is 1. The Bertz CT molecular complexity index is 374. The molecular formula is C12H15BrN2. The van der Waals surface area contributed by atoms with E-state index in [0.717, 1.165) is 28.7 Å². The molecule has 15 heavy (non-hydrogen) atoms. The van der Waals surface area contributed by atoms with Crippen molar-refractivity contribution < 1.29 is 0 Å². The van der Waals surface area contributed by atoms with Crippen molar-refractivity contribution in [1.29, 1.82) is 0 Å². The number of nitrogens with two attached hydrogens (primary N) is 1. The van der Waals surface area contributed by atoms with Crippen LogP contribution in [0.2, 0.25) is 0 Å². The highest BCUT2D eigenvalue weighted by atomic mass is 79.9. The molecule has 0 saturated carbocycles. The highest BCUT2D eigenvalue weighted by Crippen LogP contribution is 2.26. The van der Waals surface area contributed by atoms with Gasteiger partial charge >= 0.3 is 0 Å². The average molecular weight is 267 g/mol. The Kier molecular flexibility index (Phi) is 3.31. The number of allylic oxidation sites excluding steroid dienone is 1. The summed E-state index contributed by atoms with van der Waals surface area (Å²) in [6.45, 7) is 0. The zero-order valence-corrected chi connectivity index (χ0v) is 10.1. The van der Waals surface area contributed by atoms with Crippen LogP contribution in [0.25, 0.3) is 0 Å². The monoisotopic (exact) mass is 266 g/mol. The first-order valence-electron chi connectivity index (χ1n) is 5.22. The summed E-state index contributed by atoms with van der Waals surface area (Å²) < 4.78 is 1.06. The van der Waals surface area contributed by atoms with Crippen molar-refractivity contribution in [3.8, 4) is 0 Å². The van der Waals surface area contributed by atoms with Gasteiger partial charge in [-0.25, -0.2) is 0 Å². The van der Waals surface area contributed by atoms with Crippen LogP contribution < -0.4 is 11.1 Å². The largest absolute Gasteiger partial charge is 0.397 e. The van der Waals surface area contributed by atoms with E-state index >= 15 is 0 Å². The molecule has 3 heteroatoms. The molecule has 1 aliphatic rings. The summed E-state index contributed by atoms with van der Waals surface area (Å²) in [5.41, 5.74) is 7.75. The molecule has 1 aromatic carbocycles. The van der Waals surface area contributed by atoms with Gasteiger partial charge in [-0.15, -0.1) is 0 Å². The van der Waals surface area contributed by atoms with Crippen molar-refractivity contribution in [2.75, 3.05) is 11.1 Å². The normalized spacial score (nSPS) is 20.2. The van der Waals surface area contributed by atoms with E-state index < -0.39 is 0 Å². The summed E-state index contributed by atoms with van der Waals surface area (Å²) in [5.74, 6) is 0. The second-order valence-electron chi connectivity index (χ2n) is 3.86. The molecule has 1 aliphatic carbocycles. The van der Waals surface area contributed by atoms with E-state index in [1.54, 1.807) is 0 Å². The summed E-state index contributed by atoms with van der Waals surface area (Å²) >= 11 is 3.45. The molecule has 0 saturated heterocycles. The first-order valence-corrected chi connectivity index (χ1v) is 6.01. The Balaban J connectivity index is 2.09. The minimum Gasteiger partial charge on any atom is -0.397 e. The van der Waals surface area contributed by atoms with Gasteiger partial charge in [0.15, 0.2) is 0 Å². The minimum absolute atomic E-state index is 0.520. The Labute approximate surface area is 98.7 Å². The van der Waals surface area contributed by atoms with Gasteiger partial charge in [0.2, 0.25) is 0 Å². The van der Waals surface area contributed by atoms with Crippen molar-refractivity contribution >= 4 is 27.3 Å². The van der Waals surface area contributed by atoms with Crippen LogP contribution in [0.3, 0.4) is 0 Å². The van der Waals surface area contributed by atoms with Crippen molar-refractivity contribution in [2.45, 2.75) is 25.3 Å². The maximum absolute atomic E-state index is 5.91. The van der Waals surface area contributed by atoms with Crippen LogP contribution in [-0.4, -0.2) is 6.04 Å². The van der Waals surface area contributed by atoms with Crippen LogP contribution in [0, 0.1) is 0 Å². The highest BCUT2D eigenvalue weighted by Gasteiger charge is 2.10. The number of hydrogen-bond donors (Lipinski definition) is 2. The highest BCUT2D eigenvalue weighted by molar-refractivity contribution is 9.10. The van der Waals surface area contributed by atoms with Gasteiger partial charge in [0.25, 0.3) is 0 Å². The van der Waals surface area contributed by atoms with E-state index in [-0.39, 0.29) is 0 Å². The van der Waals surface area contributed by atoms with Gasteiger partial charge in [0.1, 0.15) is 0 Å². The molecule has 1 atom stereocenters. The minimum atomic E-state index is 0.520. The lowest BCUT2D eigenvalue weighted by molar-refractivity contribution is 0.645. The summed E-state index contributed by atoms with van der Waals surface area (Å²) in [5, 5.41) is 3.48. The van der Waals surface area contributed by atoms with Gasteiger partial charge in [-0.05, 0) is 37.5 Å². The molecule has 1 unspecified atom stereocenters. The fraction of sp³-hybridized carbons (Fsp3) is 0.333. The molecule has 0 radical (unpaired) electrons. The van der Waals surface area contributed by atoms with Gasteiger partial charge in [0.05, 0.1) is 11.4 Å². The second kappa shape index (κ2) is 4.71. The number of hydrogen-bond acceptors (Lipinski definition) is 2. The predicted octanol–water partition coefficient (Wildman–Crippen LogP) is 3.55. The van der Waals surface area contributed by atoms with Crippen molar-refractivity contribution in [3.63, 3.8) is 0 Å². The first-order chi connectivity index (χ1) is 7.25. The SMILES string of the molecule is Nc1ccc(Br)cc1NC1CC=CCC1. The van der Waals surface area contributed by atoms with E-state index in [9.17, 15) is 0 Å². The lowest BCUT2D eigenvalue weighted by Gasteiger charge is -2.21. The lowest BCUT2D eigenvalue weighted by atomic mass is 10.0. The predicted molar refractivity (Wildman–Crippen MR) is 69.0 cm³/mol. The molecular weight excluding hydrogens is 252 g/mol. The summed E-state index contributed by atoms with van der Waals surface area (Å²) in [6.07, 6.45) is 7.90. The number of rotatable bonds is 2. The molecule has 0 fully saturated rings. The third-order valence-corrected chi connectivity index (χ3v) is 3.14. The van der Waals surface area contributed by atoms with Crippen LogP contribution >= 0.6 is 15.9 Å². The summed E-state index contributed by atoms with van der Waals surface area (Å²) in [7, 11) is 0. The van der Waals surface area contributed by atoms with Crippen molar-refractivity contribution in [1.82, 2.24) is 0 Å². The molecule has 0 heterocycles. The zero-order valence-electron chi connectivity index (χ0n) is 8.54. The molecule has 0 amide bonds. The van der Waals surface area contributed by atoms with E-state index in [1.807, 2.05) is 18.2 Å². The quantitative estimate of drug-likeness (QED) is 0.635. The van der Waals surface area contributed by atoms with E-state index in [4.69, 9.17) is 5.73 Å². The molecule has 0 spiro atoms. The Hall–Kier alpha value is -0.960. The van der Waals surface area contributed by atoms with E-state index in [2.05, 4.69) is 33.4 Å². The van der Waals surface area contributed by atoms with Gasteiger partial charge in [-0.2, -0.15) is 0 Å². The molecule has 1 aromatic rings. The molecule has 3 N–H and O–H groups in total. The van der Waals surface area contributed by atoms with Crippen LogP contribution in [0.1, 0.15) is 19.3 Å². The fourth-order valence-corrected chi connectivity index (χ4v) is 2.16. The molecule has 80 valence electrons. The van der Waals surface area contributed by atoms with Crippen molar-refractivity contribution in [3.05, 3.63) is 34.8 Å². The standard InChI is InChI=1S/C12H15BrN2/c13-9-6-7-11(14)12(8-9)15-10-4-2-1-3-5-10/h1-2,6-8,10,15H,3-5,14H2. The van der Waals surface area contributed by atoms with Gasteiger partial charge in [-0.3, -0.25) is 0 Å².